The van der Waals surface area contributed by atoms with E-state index < -0.39 is 11.9 Å². The minimum Gasteiger partial charge on any atom is -0.422 e. The number of hydrazone groups is 1. The van der Waals surface area contributed by atoms with E-state index >= 15 is 0 Å². The number of carbonyl (C=O) groups is 2. The van der Waals surface area contributed by atoms with Gasteiger partial charge in [0.25, 0.3) is 5.91 Å². The molecule has 0 bridgehead atoms. The molecule has 5 aromatic rings. The standard InChI is InChI=1S/C29H18BrClIN3O3/c30-19-14-12-17(13-15-19)29(37)38-24-11-4-1-6-18(24)16-33-35-28(36)27-25(20-7-2-3-9-22(20)31)21-8-5-10-23(32)26(21)34-27/h1-16,34H,(H,35,36). The van der Waals surface area contributed by atoms with Crippen LogP contribution >= 0.6 is 50.1 Å². The molecule has 4 aromatic carbocycles. The van der Waals surface area contributed by atoms with E-state index in [1.807, 2.05) is 36.4 Å². The predicted molar refractivity (Wildman–Crippen MR) is 162 cm³/mol. The third kappa shape index (κ3) is 5.52. The maximum atomic E-state index is 13.3. The number of aromatic amines is 1. The Balaban J connectivity index is 1.41. The molecule has 0 saturated heterocycles. The molecule has 9 heteroatoms. The van der Waals surface area contributed by atoms with Gasteiger partial charge in [0, 0.05) is 35.1 Å². The van der Waals surface area contributed by atoms with E-state index in [0.717, 1.165) is 24.5 Å². The van der Waals surface area contributed by atoms with Crippen LogP contribution in [-0.2, 0) is 0 Å². The van der Waals surface area contributed by atoms with Crippen molar-refractivity contribution in [3.8, 4) is 16.9 Å². The van der Waals surface area contributed by atoms with Gasteiger partial charge in [-0.25, -0.2) is 10.2 Å². The Bertz CT molecular complexity index is 1700. The number of nitrogens with one attached hydrogen (secondary N) is 2. The van der Waals surface area contributed by atoms with Gasteiger partial charge in [0.2, 0.25) is 0 Å². The van der Waals surface area contributed by atoms with Crippen molar-refractivity contribution in [3.63, 3.8) is 0 Å². The van der Waals surface area contributed by atoms with Crippen molar-refractivity contribution in [3.05, 3.63) is 121 Å². The summed E-state index contributed by atoms with van der Waals surface area (Å²) in [6.45, 7) is 0. The van der Waals surface area contributed by atoms with Gasteiger partial charge in [-0.05, 0) is 71.1 Å². The lowest BCUT2D eigenvalue weighted by Gasteiger charge is -2.08. The lowest BCUT2D eigenvalue weighted by Crippen LogP contribution is -2.19. The highest BCUT2D eigenvalue weighted by Gasteiger charge is 2.21. The van der Waals surface area contributed by atoms with Crippen LogP contribution < -0.4 is 10.2 Å². The monoisotopic (exact) mass is 697 g/mol. The molecule has 1 amide bonds. The molecule has 0 aliphatic rings. The molecule has 0 aliphatic heterocycles. The molecular weight excluding hydrogens is 681 g/mol. The van der Waals surface area contributed by atoms with Gasteiger partial charge in [-0.2, -0.15) is 5.10 Å². The number of hydrogen-bond acceptors (Lipinski definition) is 4. The van der Waals surface area contributed by atoms with E-state index in [2.05, 4.69) is 54.0 Å². The molecular formula is C29H18BrClIN3O3. The van der Waals surface area contributed by atoms with Crippen molar-refractivity contribution >= 4 is 79.1 Å². The second-order valence-electron chi connectivity index (χ2n) is 8.15. The summed E-state index contributed by atoms with van der Waals surface area (Å²) in [5, 5.41) is 5.56. The van der Waals surface area contributed by atoms with Crippen molar-refractivity contribution in [1.29, 1.82) is 0 Å². The fraction of sp³-hybridized carbons (Fsp3) is 0. The molecule has 2 N–H and O–H groups in total. The van der Waals surface area contributed by atoms with Crippen molar-refractivity contribution in [2.75, 3.05) is 0 Å². The number of halogens is 3. The molecule has 188 valence electrons. The Kier molecular flexibility index (Phi) is 7.92. The number of para-hydroxylation sites is 2. The van der Waals surface area contributed by atoms with E-state index in [9.17, 15) is 9.59 Å². The molecule has 0 spiro atoms. The summed E-state index contributed by atoms with van der Waals surface area (Å²) in [6.07, 6.45) is 1.43. The number of carbonyl (C=O) groups excluding carboxylic acids is 2. The maximum Gasteiger partial charge on any atom is 0.343 e. The minimum atomic E-state index is -0.501. The molecule has 0 atom stereocenters. The van der Waals surface area contributed by atoms with Gasteiger partial charge in [-0.3, -0.25) is 4.79 Å². The zero-order valence-electron chi connectivity index (χ0n) is 19.5. The van der Waals surface area contributed by atoms with Gasteiger partial charge in [-0.1, -0.05) is 70.0 Å². The number of fused-ring (bicyclic) bond motifs is 1. The van der Waals surface area contributed by atoms with E-state index in [1.54, 1.807) is 54.6 Å². The third-order valence-corrected chi connectivity index (χ3v) is 7.48. The maximum absolute atomic E-state index is 13.3. The number of rotatable bonds is 6. The normalized spacial score (nSPS) is 11.1. The van der Waals surface area contributed by atoms with Crippen LogP contribution in [-0.4, -0.2) is 23.1 Å². The summed E-state index contributed by atoms with van der Waals surface area (Å²) >= 11 is 12.1. The van der Waals surface area contributed by atoms with Crippen molar-refractivity contribution in [2.45, 2.75) is 0 Å². The first-order valence-electron chi connectivity index (χ1n) is 11.4. The number of nitrogens with zero attached hydrogens (tertiary/aromatic N) is 1. The molecule has 5 rings (SSSR count). The Morgan fingerprint density at radius 3 is 2.47 bits per heavy atom. The molecule has 0 unspecified atom stereocenters. The first-order chi connectivity index (χ1) is 18.4. The Morgan fingerprint density at radius 1 is 0.947 bits per heavy atom. The van der Waals surface area contributed by atoms with Gasteiger partial charge in [0.05, 0.1) is 17.3 Å². The van der Waals surface area contributed by atoms with Crippen LogP contribution in [0.3, 0.4) is 0 Å². The first kappa shape index (κ1) is 26.1. The van der Waals surface area contributed by atoms with Crippen molar-refractivity contribution in [2.24, 2.45) is 5.10 Å². The molecule has 1 heterocycles. The SMILES string of the molecule is O=C(Oc1ccccc1C=NNC(=O)c1[nH]c2c(I)cccc2c1-c1ccccc1Cl)c1ccc(Br)cc1. The average Bonchev–Trinajstić information content (AvgIpc) is 3.31. The quantitative estimate of drug-likeness (QED) is 0.0624. The third-order valence-electron chi connectivity index (χ3n) is 5.72. The summed E-state index contributed by atoms with van der Waals surface area (Å²) in [7, 11) is 0. The number of amides is 1. The van der Waals surface area contributed by atoms with E-state index in [1.165, 1.54) is 6.21 Å². The van der Waals surface area contributed by atoms with Crippen LogP contribution in [0.25, 0.3) is 22.0 Å². The minimum absolute atomic E-state index is 0.315. The summed E-state index contributed by atoms with van der Waals surface area (Å²) in [5.41, 5.74) is 6.12. The molecule has 0 fully saturated rings. The van der Waals surface area contributed by atoms with Gasteiger partial charge in [0.1, 0.15) is 11.4 Å². The fourth-order valence-corrected chi connectivity index (χ4v) is 5.06. The largest absolute Gasteiger partial charge is 0.422 e. The van der Waals surface area contributed by atoms with E-state index in [-0.39, 0.29) is 0 Å². The van der Waals surface area contributed by atoms with Gasteiger partial charge in [0.15, 0.2) is 0 Å². The highest BCUT2D eigenvalue weighted by atomic mass is 127. The topological polar surface area (TPSA) is 83.5 Å². The highest BCUT2D eigenvalue weighted by Crippen LogP contribution is 2.37. The van der Waals surface area contributed by atoms with Gasteiger partial charge < -0.3 is 9.72 Å². The molecule has 0 aliphatic carbocycles. The van der Waals surface area contributed by atoms with Crippen molar-refractivity contribution < 1.29 is 14.3 Å². The zero-order valence-corrected chi connectivity index (χ0v) is 24.0. The Morgan fingerprint density at radius 2 is 1.68 bits per heavy atom. The average molecular weight is 699 g/mol. The Hall–Kier alpha value is -3.47. The summed E-state index contributed by atoms with van der Waals surface area (Å²) in [6, 6.07) is 27.0. The van der Waals surface area contributed by atoms with E-state index in [0.29, 0.717) is 33.2 Å². The molecule has 1 aromatic heterocycles. The number of esters is 1. The van der Waals surface area contributed by atoms with Crippen LogP contribution in [0.2, 0.25) is 5.02 Å². The molecule has 38 heavy (non-hydrogen) atoms. The van der Waals surface area contributed by atoms with Crippen molar-refractivity contribution in [1.82, 2.24) is 10.4 Å². The van der Waals surface area contributed by atoms with Gasteiger partial charge in [-0.15, -0.1) is 0 Å². The highest BCUT2D eigenvalue weighted by molar-refractivity contribution is 14.1. The van der Waals surface area contributed by atoms with E-state index in [4.69, 9.17) is 16.3 Å². The molecule has 0 saturated carbocycles. The number of aromatic nitrogens is 1. The van der Waals surface area contributed by atoms with Crippen LogP contribution in [0, 0.1) is 3.57 Å². The second-order valence-corrected chi connectivity index (χ2v) is 10.6. The lowest BCUT2D eigenvalue weighted by atomic mass is 10.0. The second kappa shape index (κ2) is 11.5. The summed E-state index contributed by atoms with van der Waals surface area (Å²) in [4.78, 5) is 29.1. The number of benzene rings is 4. The lowest BCUT2D eigenvalue weighted by molar-refractivity contribution is 0.0734. The fourth-order valence-electron chi connectivity index (χ4n) is 3.94. The number of ether oxygens (including phenoxy) is 1. The summed E-state index contributed by atoms with van der Waals surface area (Å²) < 4.78 is 7.41. The van der Waals surface area contributed by atoms with Crippen LogP contribution in [0.5, 0.6) is 5.75 Å². The zero-order chi connectivity index (χ0) is 26.6. The molecule has 0 radical (unpaired) electrons. The number of H-pyrrole nitrogens is 1. The Labute approximate surface area is 245 Å². The summed E-state index contributed by atoms with van der Waals surface area (Å²) in [5.74, 6) is -0.623. The first-order valence-corrected chi connectivity index (χ1v) is 13.6. The molecule has 6 nitrogen and oxygen atoms in total. The smallest absolute Gasteiger partial charge is 0.343 e. The van der Waals surface area contributed by atoms with Crippen LogP contribution in [0.15, 0.2) is 101 Å². The predicted octanol–water partition coefficient (Wildman–Crippen LogP) is 7.84. The van der Waals surface area contributed by atoms with Crippen LogP contribution in [0.4, 0.5) is 0 Å². The van der Waals surface area contributed by atoms with Crippen LogP contribution in [0.1, 0.15) is 26.4 Å². The number of hydrogen-bond donors (Lipinski definition) is 2. The van der Waals surface area contributed by atoms with Gasteiger partial charge >= 0.3 is 5.97 Å².